The van der Waals surface area contributed by atoms with E-state index in [0.29, 0.717) is 37.4 Å². The van der Waals surface area contributed by atoms with Gasteiger partial charge in [0.2, 0.25) is 5.88 Å². The Bertz CT molecular complexity index is 1290. The Labute approximate surface area is 237 Å². The number of amides is 1. The molecule has 3 heterocycles. The number of esters is 1. The van der Waals surface area contributed by atoms with Gasteiger partial charge in [0.15, 0.2) is 0 Å². The third-order valence-electron chi connectivity index (χ3n) is 8.04. The molecule has 8 heteroatoms. The number of benzene rings is 2. The minimum atomic E-state index is -0.318. The number of hydrogen-bond donors (Lipinski definition) is 0. The van der Waals surface area contributed by atoms with Gasteiger partial charge in [0.1, 0.15) is 11.3 Å². The molecule has 2 saturated heterocycles. The fraction of sp³-hybridized carbons (Fsp3) is 0.500. The van der Waals surface area contributed by atoms with Gasteiger partial charge in [0.05, 0.1) is 12.1 Å². The maximum absolute atomic E-state index is 13.8. The number of hydrogen-bond acceptors (Lipinski definition) is 6. The summed E-state index contributed by atoms with van der Waals surface area (Å²) in [6.45, 7) is 8.90. The third-order valence-corrected chi connectivity index (χ3v) is 8.04. The minimum absolute atomic E-state index is 0.0935. The Kier molecular flexibility index (Phi) is 9.26. The summed E-state index contributed by atoms with van der Waals surface area (Å²) in [6, 6.07) is 16.0. The maximum atomic E-state index is 13.8. The first-order valence-corrected chi connectivity index (χ1v) is 14.8. The van der Waals surface area contributed by atoms with Crippen LogP contribution in [0.1, 0.15) is 55.8 Å². The molecule has 0 saturated carbocycles. The van der Waals surface area contributed by atoms with Gasteiger partial charge in [0.25, 0.3) is 5.91 Å². The SMILES string of the molecule is CCCC(=O)Oc1c(C(=O)N2CCN(c3ccc(OCCCN4CCCCC4)cc3)CC2)c2ccccc2n1C. The normalized spacial score (nSPS) is 16.4. The highest BCUT2D eigenvalue weighted by atomic mass is 16.5. The number of piperidine rings is 1. The highest BCUT2D eigenvalue weighted by Gasteiger charge is 2.30. The Morgan fingerprint density at radius 3 is 2.33 bits per heavy atom. The molecule has 8 nitrogen and oxygen atoms in total. The number of aryl methyl sites for hydroxylation is 1. The molecular formula is C32H42N4O4. The molecule has 2 aromatic carbocycles. The molecule has 3 aromatic rings. The van der Waals surface area contributed by atoms with Gasteiger partial charge in [0, 0.05) is 57.3 Å². The van der Waals surface area contributed by atoms with Crippen molar-refractivity contribution in [3.05, 3.63) is 54.1 Å². The number of likely N-dealkylation sites (tertiary alicyclic amines) is 1. The predicted octanol–water partition coefficient (Wildman–Crippen LogP) is 5.10. The van der Waals surface area contributed by atoms with Crippen LogP contribution in [0.3, 0.4) is 0 Å². The zero-order valence-corrected chi connectivity index (χ0v) is 23.9. The van der Waals surface area contributed by atoms with Gasteiger partial charge in [-0.15, -0.1) is 0 Å². The van der Waals surface area contributed by atoms with Gasteiger partial charge in [-0.3, -0.25) is 9.59 Å². The van der Waals surface area contributed by atoms with Crippen molar-refractivity contribution in [3.63, 3.8) is 0 Å². The summed E-state index contributed by atoms with van der Waals surface area (Å²) in [6.07, 6.45) is 6.07. The molecule has 5 rings (SSSR count). The van der Waals surface area contributed by atoms with Crippen LogP contribution in [-0.2, 0) is 11.8 Å². The zero-order chi connectivity index (χ0) is 27.9. The van der Waals surface area contributed by atoms with Crippen molar-refractivity contribution in [1.29, 1.82) is 0 Å². The molecule has 2 aliphatic rings. The lowest BCUT2D eigenvalue weighted by Crippen LogP contribution is -2.48. The average molecular weight is 547 g/mol. The fourth-order valence-electron chi connectivity index (χ4n) is 5.80. The van der Waals surface area contributed by atoms with Crippen LogP contribution < -0.4 is 14.4 Å². The van der Waals surface area contributed by atoms with Gasteiger partial charge in [-0.1, -0.05) is 31.5 Å². The van der Waals surface area contributed by atoms with Crippen LogP contribution >= 0.6 is 0 Å². The van der Waals surface area contributed by atoms with E-state index in [0.717, 1.165) is 55.0 Å². The second kappa shape index (κ2) is 13.2. The quantitative estimate of drug-likeness (QED) is 0.260. The summed E-state index contributed by atoms with van der Waals surface area (Å²) >= 11 is 0. The molecule has 0 radical (unpaired) electrons. The van der Waals surface area contributed by atoms with Gasteiger partial charge in [-0.2, -0.15) is 0 Å². The molecule has 0 aliphatic carbocycles. The number of carbonyl (C=O) groups excluding carboxylic acids is 2. The van der Waals surface area contributed by atoms with Crippen LogP contribution in [0.5, 0.6) is 11.6 Å². The monoisotopic (exact) mass is 546 g/mol. The topological polar surface area (TPSA) is 67.3 Å². The lowest BCUT2D eigenvalue weighted by atomic mass is 10.1. The highest BCUT2D eigenvalue weighted by molar-refractivity contribution is 6.10. The summed E-state index contributed by atoms with van der Waals surface area (Å²) in [7, 11) is 1.84. The van der Waals surface area contributed by atoms with Crippen LogP contribution in [0.4, 0.5) is 5.69 Å². The van der Waals surface area contributed by atoms with Crippen LogP contribution in [0.2, 0.25) is 0 Å². The third kappa shape index (κ3) is 6.44. The highest BCUT2D eigenvalue weighted by Crippen LogP contribution is 2.33. The van der Waals surface area contributed by atoms with Crippen molar-refractivity contribution in [2.24, 2.45) is 7.05 Å². The number of carbonyl (C=O) groups is 2. The van der Waals surface area contributed by atoms with Crippen LogP contribution in [0, 0.1) is 0 Å². The van der Waals surface area contributed by atoms with Crippen molar-refractivity contribution in [2.75, 3.05) is 57.3 Å². The smallest absolute Gasteiger partial charge is 0.312 e. The van der Waals surface area contributed by atoms with Crippen LogP contribution in [-0.4, -0.2) is 78.7 Å². The van der Waals surface area contributed by atoms with E-state index in [1.54, 1.807) is 0 Å². The molecule has 0 spiro atoms. The number of nitrogens with zero attached hydrogens (tertiary/aromatic N) is 4. The summed E-state index contributed by atoms with van der Waals surface area (Å²) in [5.41, 5.74) is 2.47. The van der Waals surface area contributed by atoms with Crippen LogP contribution in [0.15, 0.2) is 48.5 Å². The van der Waals surface area contributed by atoms with Crippen molar-refractivity contribution >= 4 is 28.5 Å². The minimum Gasteiger partial charge on any atom is -0.494 e. The van der Waals surface area contributed by atoms with E-state index in [9.17, 15) is 9.59 Å². The lowest BCUT2D eigenvalue weighted by molar-refractivity contribution is -0.134. The second-order valence-corrected chi connectivity index (χ2v) is 10.9. The number of fused-ring (bicyclic) bond motifs is 1. The van der Waals surface area contributed by atoms with Gasteiger partial charge >= 0.3 is 5.97 Å². The lowest BCUT2D eigenvalue weighted by Gasteiger charge is -2.36. The van der Waals surface area contributed by atoms with Crippen molar-refractivity contribution in [3.8, 4) is 11.6 Å². The number of anilines is 1. The fourth-order valence-corrected chi connectivity index (χ4v) is 5.80. The standard InChI is InChI=1S/C32H42N4O4/c1-3-10-29(37)40-32-30(27-11-5-6-12-28(27)33(32)2)31(38)36-22-20-35(21-23-36)25-13-15-26(16-14-25)39-24-9-19-34-17-7-4-8-18-34/h5-6,11-16H,3-4,7-10,17-24H2,1-2H3. The molecular weight excluding hydrogens is 504 g/mol. The number of para-hydroxylation sites is 1. The summed E-state index contributed by atoms with van der Waals surface area (Å²) in [5.74, 6) is 0.821. The molecule has 0 bridgehead atoms. The second-order valence-electron chi connectivity index (χ2n) is 10.9. The van der Waals surface area contributed by atoms with E-state index in [-0.39, 0.29) is 11.9 Å². The molecule has 1 aromatic heterocycles. The molecule has 40 heavy (non-hydrogen) atoms. The predicted molar refractivity (Wildman–Crippen MR) is 158 cm³/mol. The number of piperazine rings is 1. The number of aromatic nitrogens is 1. The van der Waals surface area contributed by atoms with E-state index in [4.69, 9.17) is 9.47 Å². The summed E-state index contributed by atoms with van der Waals surface area (Å²) in [5, 5.41) is 0.809. The molecule has 2 fully saturated rings. The Morgan fingerprint density at radius 1 is 0.875 bits per heavy atom. The van der Waals surface area contributed by atoms with Crippen molar-refractivity contribution < 1.29 is 19.1 Å². The van der Waals surface area contributed by atoms with Crippen LogP contribution in [0.25, 0.3) is 10.9 Å². The molecule has 1 amide bonds. The first-order valence-electron chi connectivity index (χ1n) is 14.8. The number of rotatable bonds is 10. The maximum Gasteiger partial charge on any atom is 0.312 e. The Hall–Kier alpha value is -3.52. The van der Waals surface area contributed by atoms with E-state index in [1.165, 1.54) is 32.4 Å². The van der Waals surface area contributed by atoms with Crippen molar-refractivity contribution in [2.45, 2.75) is 45.4 Å². The summed E-state index contributed by atoms with van der Waals surface area (Å²) < 4.78 is 13.5. The molecule has 2 aliphatic heterocycles. The Morgan fingerprint density at radius 2 is 1.60 bits per heavy atom. The number of ether oxygens (including phenoxy) is 2. The molecule has 0 unspecified atom stereocenters. The van der Waals surface area contributed by atoms with Crippen molar-refractivity contribution in [1.82, 2.24) is 14.4 Å². The first kappa shape index (κ1) is 28.0. The molecule has 214 valence electrons. The molecule has 0 atom stereocenters. The summed E-state index contributed by atoms with van der Waals surface area (Å²) in [4.78, 5) is 32.9. The van der Waals surface area contributed by atoms with E-state index in [2.05, 4.69) is 21.9 Å². The van der Waals surface area contributed by atoms with E-state index in [1.807, 2.05) is 59.8 Å². The van der Waals surface area contributed by atoms with Gasteiger partial charge in [-0.05, 0) is 69.1 Å². The average Bonchev–Trinajstić information content (AvgIpc) is 3.27. The van der Waals surface area contributed by atoms with E-state index >= 15 is 0 Å². The zero-order valence-electron chi connectivity index (χ0n) is 23.9. The largest absolute Gasteiger partial charge is 0.494 e. The van der Waals surface area contributed by atoms with Gasteiger partial charge < -0.3 is 28.7 Å². The first-order chi connectivity index (χ1) is 19.5. The Balaban J connectivity index is 1.17. The van der Waals surface area contributed by atoms with Gasteiger partial charge in [-0.25, -0.2) is 0 Å². The molecule has 0 N–H and O–H groups in total. The van der Waals surface area contributed by atoms with E-state index < -0.39 is 0 Å².